The van der Waals surface area contributed by atoms with Crippen LogP contribution >= 0.6 is 0 Å². The molecule has 1 atom stereocenters. The second-order valence-corrected chi connectivity index (χ2v) is 11.0. The molecule has 0 bridgehead atoms. The van der Waals surface area contributed by atoms with Gasteiger partial charge in [0.05, 0.1) is 5.39 Å². The number of aromatic amines is 1. The molecule has 2 amide bonds. The number of anilines is 2. The summed E-state index contributed by atoms with van der Waals surface area (Å²) in [6.45, 7) is 12.2. The topological polar surface area (TPSA) is 119 Å². The monoisotopic (exact) mass is 580 g/mol. The van der Waals surface area contributed by atoms with Crippen LogP contribution in [0.5, 0.6) is 0 Å². The molecule has 1 aromatic carbocycles. The first-order valence-corrected chi connectivity index (χ1v) is 15.1. The van der Waals surface area contributed by atoms with E-state index in [2.05, 4.69) is 66.9 Å². The molecule has 1 aliphatic rings. The minimum Gasteiger partial charge on any atom is -0.356 e. The molecule has 4 heterocycles. The number of nitrogens with one attached hydrogen (secondary N) is 3. The summed E-state index contributed by atoms with van der Waals surface area (Å²) >= 11 is 0. The van der Waals surface area contributed by atoms with Crippen molar-refractivity contribution < 1.29 is 9.59 Å². The predicted octanol–water partition coefficient (Wildman–Crippen LogP) is 5.17. The van der Waals surface area contributed by atoms with Crippen molar-refractivity contribution in [1.29, 1.82) is 0 Å². The molecule has 0 spiro atoms. The van der Waals surface area contributed by atoms with Gasteiger partial charge in [-0.1, -0.05) is 32.6 Å². The molecule has 4 aromatic rings. The molecule has 1 fully saturated rings. The number of carbonyl (C=O) groups is 2. The lowest BCUT2D eigenvalue weighted by Crippen LogP contribution is -2.46. The van der Waals surface area contributed by atoms with Crippen LogP contribution in [0.3, 0.4) is 0 Å². The van der Waals surface area contributed by atoms with Crippen molar-refractivity contribution in [3.05, 3.63) is 78.9 Å². The fraction of sp³-hybridized carbons (Fsp3) is 0.364. The maximum absolute atomic E-state index is 13.1. The van der Waals surface area contributed by atoms with Gasteiger partial charge < -0.3 is 20.5 Å². The normalized spacial score (nSPS) is 15.3. The van der Waals surface area contributed by atoms with Gasteiger partial charge in [0.1, 0.15) is 23.5 Å². The standard InChI is InChI=1S/C33H40N8O2/c1-4-15-41(16-5-2)32-27-19-28(39-31(27)35-22-36-32)24-9-11-25(12-10-24)38-33(43)29-18-23(13-14-34-29)20-40-17-7-8-26(21-40)37-30(42)6-3/h6,9-14,18-19,22,26H,3-5,7-8,15-17,20-21H2,1-2H3,(H,37,42)(H,38,43)(H,35,36,39). The van der Waals surface area contributed by atoms with Gasteiger partial charge >= 0.3 is 0 Å². The summed E-state index contributed by atoms with van der Waals surface area (Å²) in [6, 6.07) is 13.7. The van der Waals surface area contributed by atoms with Gasteiger partial charge in [0.15, 0.2) is 0 Å². The van der Waals surface area contributed by atoms with Crippen LogP contribution in [0.2, 0.25) is 0 Å². The van der Waals surface area contributed by atoms with Crippen molar-refractivity contribution in [3.63, 3.8) is 0 Å². The van der Waals surface area contributed by atoms with Gasteiger partial charge in [0.25, 0.3) is 5.91 Å². The number of pyridine rings is 1. The number of likely N-dealkylation sites (tertiary alicyclic amines) is 1. The molecule has 0 saturated carbocycles. The van der Waals surface area contributed by atoms with Crippen LogP contribution in [0, 0.1) is 0 Å². The van der Waals surface area contributed by atoms with E-state index in [1.165, 1.54) is 6.08 Å². The molecule has 43 heavy (non-hydrogen) atoms. The number of H-pyrrole nitrogens is 1. The predicted molar refractivity (Wildman–Crippen MR) is 171 cm³/mol. The van der Waals surface area contributed by atoms with Crippen LogP contribution in [-0.2, 0) is 11.3 Å². The second kappa shape index (κ2) is 14.1. The van der Waals surface area contributed by atoms with Crippen LogP contribution in [-0.4, -0.2) is 68.9 Å². The lowest BCUT2D eigenvalue weighted by molar-refractivity contribution is -0.117. The number of hydrogen-bond donors (Lipinski definition) is 3. The molecular formula is C33H40N8O2. The molecule has 224 valence electrons. The van der Waals surface area contributed by atoms with Crippen LogP contribution in [0.15, 0.2) is 67.6 Å². The summed E-state index contributed by atoms with van der Waals surface area (Å²) in [6.07, 6.45) is 8.64. The minimum absolute atomic E-state index is 0.1000. The number of rotatable bonds is 12. The van der Waals surface area contributed by atoms with Gasteiger partial charge in [-0.2, -0.15) is 0 Å². The maximum atomic E-state index is 13.1. The third-order valence-corrected chi connectivity index (χ3v) is 7.65. The van der Waals surface area contributed by atoms with E-state index in [4.69, 9.17) is 0 Å². The maximum Gasteiger partial charge on any atom is 0.274 e. The molecule has 1 unspecified atom stereocenters. The summed E-state index contributed by atoms with van der Waals surface area (Å²) in [5.74, 6) is 0.546. The Kier molecular flexibility index (Phi) is 9.78. The summed E-state index contributed by atoms with van der Waals surface area (Å²) in [5.41, 5.74) is 4.79. The van der Waals surface area contributed by atoms with Crippen LogP contribution in [0.4, 0.5) is 11.5 Å². The average molecular weight is 581 g/mol. The lowest BCUT2D eigenvalue weighted by Gasteiger charge is -2.33. The van der Waals surface area contributed by atoms with Gasteiger partial charge in [0.2, 0.25) is 5.91 Å². The number of fused-ring (bicyclic) bond motifs is 1. The Balaban J connectivity index is 1.24. The van der Waals surface area contributed by atoms with Crippen LogP contribution in [0.1, 0.15) is 55.6 Å². The number of aromatic nitrogens is 4. The number of amides is 2. The molecule has 5 rings (SSSR count). The fourth-order valence-electron chi connectivity index (χ4n) is 5.66. The number of hydrogen-bond acceptors (Lipinski definition) is 7. The molecule has 1 aliphatic heterocycles. The van der Waals surface area contributed by atoms with Gasteiger partial charge in [0, 0.05) is 49.8 Å². The number of piperidine rings is 1. The first kappa shape index (κ1) is 29.9. The Hall–Kier alpha value is -4.57. The first-order chi connectivity index (χ1) is 21.0. The second-order valence-electron chi connectivity index (χ2n) is 11.0. The molecule has 0 radical (unpaired) electrons. The van der Waals surface area contributed by atoms with E-state index in [0.717, 1.165) is 85.5 Å². The molecular weight excluding hydrogens is 540 g/mol. The zero-order chi connectivity index (χ0) is 30.2. The first-order valence-electron chi connectivity index (χ1n) is 15.1. The highest BCUT2D eigenvalue weighted by atomic mass is 16.2. The zero-order valence-electron chi connectivity index (χ0n) is 25.0. The quantitative estimate of drug-likeness (QED) is 0.198. The summed E-state index contributed by atoms with van der Waals surface area (Å²) in [7, 11) is 0. The van der Waals surface area contributed by atoms with Crippen LogP contribution < -0.4 is 15.5 Å². The third-order valence-electron chi connectivity index (χ3n) is 7.65. The van der Waals surface area contributed by atoms with Gasteiger partial charge in [-0.25, -0.2) is 9.97 Å². The molecule has 10 heteroatoms. The number of benzene rings is 1. The summed E-state index contributed by atoms with van der Waals surface area (Å²) in [4.78, 5) is 46.2. The van der Waals surface area contributed by atoms with Gasteiger partial charge in [-0.15, -0.1) is 0 Å². The van der Waals surface area contributed by atoms with E-state index < -0.39 is 0 Å². The Morgan fingerprint density at radius 1 is 1.09 bits per heavy atom. The minimum atomic E-state index is -0.262. The van der Waals surface area contributed by atoms with Gasteiger partial charge in [-0.05, 0) is 79.8 Å². The van der Waals surface area contributed by atoms with Crippen molar-refractivity contribution in [2.75, 3.05) is 36.4 Å². The SMILES string of the molecule is C=CC(=O)NC1CCCN(Cc2ccnc(C(=O)Nc3ccc(-c4cc5c(N(CCC)CCC)ncnc5[nH]4)cc3)c2)C1. The smallest absolute Gasteiger partial charge is 0.274 e. The molecule has 3 N–H and O–H groups in total. The molecule has 1 saturated heterocycles. The van der Waals surface area contributed by atoms with E-state index in [1.54, 1.807) is 12.5 Å². The van der Waals surface area contributed by atoms with Crippen molar-refractivity contribution >= 4 is 34.4 Å². The number of carbonyl (C=O) groups excluding carboxylic acids is 2. The molecule has 10 nitrogen and oxygen atoms in total. The van der Waals surface area contributed by atoms with Crippen molar-refractivity contribution in [2.24, 2.45) is 0 Å². The fourth-order valence-corrected chi connectivity index (χ4v) is 5.66. The van der Waals surface area contributed by atoms with Crippen molar-refractivity contribution in [2.45, 2.75) is 52.1 Å². The Morgan fingerprint density at radius 3 is 2.63 bits per heavy atom. The highest BCUT2D eigenvalue weighted by Gasteiger charge is 2.21. The Bertz CT molecular complexity index is 1560. The molecule has 3 aromatic heterocycles. The highest BCUT2D eigenvalue weighted by Crippen LogP contribution is 2.29. The van der Waals surface area contributed by atoms with Crippen LogP contribution in [0.25, 0.3) is 22.3 Å². The summed E-state index contributed by atoms with van der Waals surface area (Å²) in [5, 5.41) is 6.97. The zero-order valence-corrected chi connectivity index (χ0v) is 25.0. The largest absolute Gasteiger partial charge is 0.356 e. The lowest BCUT2D eigenvalue weighted by atomic mass is 10.0. The van der Waals surface area contributed by atoms with E-state index in [-0.39, 0.29) is 17.9 Å². The van der Waals surface area contributed by atoms with E-state index in [0.29, 0.717) is 17.9 Å². The van der Waals surface area contributed by atoms with E-state index >= 15 is 0 Å². The van der Waals surface area contributed by atoms with E-state index in [9.17, 15) is 9.59 Å². The molecule has 0 aliphatic carbocycles. The van der Waals surface area contributed by atoms with E-state index in [1.807, 2.05) is 36.4 Å². The van der Waals surface area contributed by atoms with Gasteiger partial charge in [-0.3, -0.25) is 19.5 Å². The number of nitrogens with zero attached hydrogens (tertiary/aromatic N) is 5. The highest BCUT2D eigenvalue weighted by molar-refractivity contribution is 6.03. The Labute approximate surface area is 252 Å². The summed E-state index contributed by atoms with van der Waals surface area (Å²) < 4.78 is 0. The third kappa shape index (κ3) is 7.45. The van der Waals surface area contributed by atoms with Crippen molar-refractivity contribution in [3.8, 4) is 11.3 Å². The van der Waals surface area contributed by atoms with Crippen molar-refractivity contribution in [1.82, 2.24) is 30.2 Å². The Morgan fingerprint density at radius 2 is 1.88 bits per heavy atom. The average Bonchev–Trinajstić information content (AvgIpc) is 3.46.